The number of likely N-dealkylation sites (N-methyl/N-ethyl adjacent to an activating group) is 1. The van der Waals surface area contributed by atoms with Crippen molar-refractivity contribution in [3.63, 3.8) is 0 Å². The Morgan fingerprint density at radius 1 is 1.29 bits per heavy atom. The van der Waals surface area contributed by atoms with Crippen LogP contribution in [0, 0.1) is 0 Å². The normalized spacial score (nSPS) is 20.6. The molecule has 0 spiro atoms. The Kier molecular flexibility index (Phi) is 4.53. The molecular weight excluding hydrogens is 282 g/mol. The molecule has 4 nitrogen and oxygen atoms in total. The first-order chi connectivity index (χ1) is 10.3. The van der Waals surface area contributed by atoms with E-state index in [4.69, 9.17) is 4.74 Å². The lowest BCUT2D eigenvalue weighted by molar-refractivity contribution is 0.0911. The number of benzene rings is 1. The number of nitrogens with zero attached hydrogens (tertiary/aromatic N) is 3. The molecule has 112 valence electrons. The van der Waals surface area contributed by atoms with Gasteiger partial charge in [0.05, 0.1) is 12.6 Å². The van der Waals surface area contributed by atoms with Crippen molar-refractivity contribution in [3.8, 4) is 5.75 Å². The highest BCUT2D eigenvalue weighted by molar-refractivity contribution is 7.09. The van der Waals surface area contributed by atoms with Gasteiger partial charge in [-0.15, -0.1) is 11.3 Å². The Labute approximate surface area is 130 Å². The number of rotatable bonds is 4. The Bertz CT molecular complexity index is 555. The van der Waals surface area contributed by atoms with E-state index >= 15 is 0 Å². The van der Waals surface area contributed by atoms with Crippen molar-refractivity contribution in [2.24, 2.45) is 0 Å². The van der Waals surface area contributed by atoms with Gasteiger partial charge < -0.3 is 4.74 Å². The number of aromatic nitrogens is 1. The largest absolute Gasteiger partial charge is 0.497 e. The summed E-state index contributed by atoms with van der Waals surface area (Å²) < 4.78 is 5.25. The van der Waals surface area contributed by atoms with Crippen molar-refractivity contribution in [2.45, 2.75) is 12.6 Å². The van der Waals surface area contributed by atoms with E-state index in [0.717, 1.165) is 31.9 Å². The molecule has 3 rings (SSSR count). The van der Waals surface area contributed by atoms with Gasteiger partial charge in [-0.05, 0) is 24.7 Å². The van der Waals surface area contributed by atoms with Crippen LogP contribution in [-0.4, -0.2) is 48.6 Å². The minimum Gasteiger partial charge on any atom is -0.497 e. The molecule has 0 aliphatic carbocycles. The van der Waals surface area contributed by atoms with Gasteiger partial charge in [0.15, 0.2) is 0 Å². The van der Waals surface area contributed by atoms with Gasteiger partial charge in [0.2, 0.25) is 0 Å². The fourth-order valence-electron chi connectivity index (χ4n) is 2.80. The minimum absolute atomic E-state index is 0.442. The fourth-order valence-corrected chi connectivity index (χ4v) is 3.44. The quantitative estimate of drug-likeness (QED) is 0.868. The zero-order valence-corrected chi connectivity index (χ0v) is 13.3. The number of piperazine rings is 1. The maximum Gasteiger partial charge on any atom is 0.118 e. The molecule has 0 amide bonds. The standard InChI is InChI=1S/C16H21N3OS/c1-18-7-8-19(10-15-9-17-12-21-15)11-16(18)13-3-5-14(20-2)6-4-13/h3-6,9,12,16H,7-8,10-11H2,1-2H3. The highest BCUT2D eigenvalue weighted by Crippen LogP contribution is 2.26. The van der Waals surface area contributed by atoms with Crippen molar-refractivity contribution >= 4 is 11.3 Å². The smallest absolute Gasteiger partial charge is 0.118 e. The summed E-state index contributed by atoms with van der Waals surface area (Å²) in [4.78, 5) is 10.5. The highest BCUT2D eigenvalue weighted by Gasteiger charge is 2.25. The van der Waals surface area contributed by atoms with Gasteiger partial charge in [0.1, 0.15) is 5.75 Å². The van der Waals surface area contributed by atoms with Crippen molar-refractivity contribution in [2.75, 3.05) is 33.8 Å². The van der Waals surface area contributed by atoms with Crippen LogP contribution >= 0.6 is 11.3 Å². The van der Waals surface area contributed by atoms with Gasteiger partial charge in [0.25, 0.3) is 0 Å². The summed E-state index contributed by atoms with van der Waals surface area (Å²) in [5.74, 6) is 0.915. The zero-order valence-electron chi connectivity index (χ0n) is 12.5. The maximum absolute atomic E-state index is 5.25. The molecule has 2 heterocycles. The topological polar surface area (TPSA) is 28.6 Å². The second-order valence-corrected chi connectivity index (χ2v) is 6.44. The molecule has 0 saturated carbocycles. The summed E-state index contributed by atoms with van der Waals surface area (Å²) in [6.07, 6.45) is 1.98. The number of ether oxygens (including phenoxy) is 1. The second-order valence-electron chi connectivity index (χ2n) is 5.47. The number of methoxy groups -OCH3 is 1. The minimum atomic E-state index is 0.442. The van der Waals surface area contributed by atoms with Crippen LogP contribution in [0.15, 0.2) is 36.0 Å². The predicted octanol–water partition coefficient (Wildman–Crippen LogP) is 2.64. The summed E-state index contributed by atoms with van der Waals surface area (Å²) in [5, 5.41) is 0. The molecule has 0 bridgehead atoms. The summed E-state index contributed by atoms with van der Waals surface area (Å²) in [6, 6.07) is 8.89. The number of hydrogen-bond donors (Lipinski definition) is 0. The van der Waals surface area contributed by atoms with Crippen molar-refractivity contribution in [1.29, 1.82) is 0 Å². The maximum atomic E-state index is 5.25. The van der Waals surface area contributed by atoms with Crippen LogP contribution in [0.25, 0.3) is 0 Å². The van der Waals surface area contributed by atoms with E-state index < -0.39 is 0 Å². The first kappa shape index (κ1) is 14.5. The molecule has 1 aliphatic rings. The highest BCUT2D eigenvalue weighted by atomic mass is 32.1. The Balaban J connectivity index is 1.70. The molecule has 1 aromatic carbocycles. The van der Waals surface area contributed by atoms with Gasteiger partial charge in [-0.25, -0.2) is 0 Å². The Hall–Kier alpha value is -1.43. The molecule has 1 fully saturated rings. The lowest BCUT2D eigenvalue weighted by Crippen LogP contribution is -2.46. The first-order valence-electron chi connectivity index (χ1n) is 7.20. The molecule has 1 saturated heterocycles. The Morgan fingerprint density at radius 3 is 2.76 bits per heavy atom. The molecule has 1 aliphatic heterocycles. The molecule has 1 aromatic heterocycles. The van der Waals surface area contributed by atoms with Crippen molar-refractivity contribution < 1.29 is 4.74 Å². The molecule has 0 N–H and O–H groups in total. The average Bonchev–Trinajstić information content (AvgIpc) is 3.02. The molecular formula is C16H21N3OS. The lowest BCUT2D eigenvalue weighted by atomic mass is 10.0. The van der Waals surface area contributed by atoms with Crippen LogP contribution in [0.1, 0.15) is 16.5 Å². The van der Waals surface area contributed by atoms with Crippen LogP contribution < -0.4 is 4.74 Å². The molecule has 2 aromatic rings. The van der Waals surface area contributed by atoms with Gasteiger partial charge in [-0.2, -0.15) is 0 Å². The van der Waals surface area contributed by atoms with E-state index in [9.17, 15) is 0 Å². The van der Waals surface area contributed by atoms with E-state index in [1.54, 1.807) is 18.4 Å². The molecule has 1 unspecified atom stereocenters. The molecule has 1 atom stereocenters. The molecule has 5 heteroatoms. The average molecular weight is 303 g/mol. The number of hydrogen-bond acceptors (Lipinski definition) is 5. The van der Waals surface area contributed by atoms with Crippen LogP contribution in [0.3, 0.4) is 0 Å². The molecule has 0 radical (unpaired) electrons. The summed E-state index contributed by atoms with van der Waals surface area (Å²) in [5.41, 5.74) is 3.26. The van der Waals surface area contributed by atoms with Gasteiger partial charge >= 0.3 is 0 Å². The van der Waals surface area contributed by atoms with Crippen LogP contribution in [0.2, 0.25) is 0 Å². The lowest BCUT2D eigenvalue weighted by Gasteiger charge is -2.39. The van der Waals surface area contributed by atoms with E-state index in [1.807, 2.05) is 23.8 Å². The number of thiazole rings is 1. The van der Waals surface area contributed by atoms with Crippen LogP contribution in [0.4, 0.5) is 0 Å². The second kappa shape index (κ2) is 6.56. The van der Waals surface area contributed by atoms with Gasteiger partial charge in [-0.3, -0.25) is 14.8 Å². The van der Waals surface area contributed by atoms with Crippen molar-refractivity contribution in [3.05, 3.63) is 46.4 Å². The summed E-state index contributed by atoms with van der Waals surface area (Å²) in [7, 11) is 3.91. The fraction of sp³-hybridized carbons (Fsp3) is 0.438. The third kappa shape index (κ3) is 3.43. The van der Waals surface area contributed by atoms with E-state index in [-0.39, 0.29) is 0 Å². The third-order valence-electron chi connectivity index (χ3n) is 4.10. The monoisotopic (exact) mass is 303 g/mol. The van der Waals surface area contributed by atoms with E-state index in [1.165, 1.54) is 10.4 Å². The molecule has 21 heavy (non-hydrogen) atoms. The zero-order chi connectivity index (χ0) is 14.7. The Morgan fingerprint density at radius 2 is 2.10 bits per heavy atom. The van der Waals surface area contributed by atoms with E-state index in [0.29, 0.717) is 6.04 Å². The van der Waals surface area contributed by atoms with Crippen molar-refractivity contribution in [1.82, 2.24) is 14.8 Å². The summed E-state index contributed by atoms with van der Waals surface area (Å²) in [6.45, 7) is 4.27. The predicted molar refractivity (Wildman–Crippen MR) is 85.8 cm³/mol. The van der Waals surface area contributed by atoms with Gasteiger partial charge in [0, 0.05) is 43.3 Å². The van der Waals surface area contributed by atoms with Gasteiger partial charge in [-0.1, -0.05) is 12.1 Å². The van der Waals surface area contributed by atoms with Crippen LogP contribution in [0.5, 0.6) is 5.75 Å². The first-order valence-corrected chi connectivity index (χ1v) is 8.08. The summed E-state index contributed by atoms with van der Waals surface area (Å²) >= 11 is 1.74. The SMILES string of the molecule is COc1ccc(C2CN(Cc3cncs3)CCN2C)cc1. The van der Waals surface area contributed by atoms with E-state index in [2.05, 4.69) is 34.0 Å². The van der Waals surface area contributed by atoms with Crippen LogP contribution in [-0.2, 0) is 6.54 Å². The third-order valence-corrected chi connectivity index (χ3v) is 4.86.